The quantitative estimate of drug-likeness (QED) is 0.766. The third-order valence-corrected chi connectivity index (χ3v) is 5.09. The van der Waals surface area contributed by atoms with Crippen LogP contribution in [0, 0.1) is 18.2 Å². The topological polar surface area (TPSA) is 56.8 Å². The molecule has 0 atom stereocenters. The Morgan fingerprint density at radius 2 is 1.93 bits per heavy atom. The number of hydrogen-bond donors (Lipinski definition) is 1. The molecule has 2 aromatic rings. The van der Waals surface area contributed by atoms with E-state index < -0.39 is 18.8 Å². The number of benzene rings is 1. The molecule has 1 saturated heterocycles. The molecule has 0 spiro atoms. The average Bonchev–Trinajstić information content (AvgIpc) is 2.89. The number of thiophene rings is 1. The molecule has 1 aliphatic rings. The molecule has 8 heteroatoms. The van der Waals surface area contributed by atoms with Gasteiger partial charge in [-0.25, -0.2) is 9.18 Å². The van der Waals surface area contributed by atoms with Gasteiger partial charge in [-0.1, -0.05) is 13.8 Å². The van der Waals surface area contributed by atoms with Crippen molar-refractivity contribution < 1.29 is 23.2 Å². The summed E-state index contributed by atoms with van der Waals surface area (Å²) in [5.74, 6) is -0.339. The van der Waals surface area contributed by atoms with Gasteiger partial charge in [0.25, 0.3) is 0 Å². The van der Waals surface area contributed by atoms with Crippen molar-refractivity contribution in [2.75, 3.05) is 18.5 Å². The van der Waals surface area contributed by atoms with Gasteiger partial charge in [0.1, 0.15) is 11.4 Å². The Morgan fingerprint density at radius 3 is 2.52 bits per heavy atom. The van der Waals surface area contributed by atoms with E-state index in [0.717, 1.165) is 4.70 Å². The number of halogens is 1. The molecule has 27 heavy (non-hydrogen) atoms. The van der Waals surface area contributed by atoms with Crippen LogP contribution in [0.2, 0.25) is 0 Å². The minimum Gasteiger partial charge on any atom is -0.444 e. The van der Waals surface area contributed by atoms with Crippen LogP contribution in [0.4, 0.5) is 14.2 Å². The van der Waals surface area contributed by atoms with Crippen LogP contribution in [0.25, 0.3) is 10.1 Å². The maximum Gasteiger partial charge on any atom is 0.497 e. The minimum atomic E-state index is -0.760. The summed E-state index contributed by atoms with van der Waals surface area (Å²) < 4.78 is 32.7. The zero-order valence-corrected chi connectivity index (χ0v) is 17.4. The van der Waals surface area contributed by atoms with E-state index in [2.05, 4.69) is 5.32 Å². The Kier molecular flexibility index (Phi) is 5.27. The van der Waals surface area contributed by atoms with Crippen LogP contribution in [0.5, 0.6) is 0 Å². The van der Waals surface area contributed by atoms with Crippen LogP contribution in [-0.2, 0) is 14.0 Å². The first-order valence-corrected chi connectivity index (χ1v) is 9.73. The van der Waals surface area contributed by atoms with E-state index in [0.29, 0.717) is 34.6 Å². The summed E-state index contributed by atoms with van der Waals surface area (Å²) in [6.07, 6.45) is -0.542. The van der Waals surface area contributed by atoms with Crippen LogP contribution in [0.3, 0.4) is 0 Å². The second-order valence-corrected chi connectivity index (χ2v) is 9.77. The first-order valence-electron chi connectivity index (χ1n) is 8.91. The fourth-order valence-electron chi connectivity index (χ4n) is 2.87. The van der Waals surface area contributed by atoms with Gasteiger partial charge in [0, 0.05) is 28.8 Å². The van der Waals surface area contributed by atoms with Crippen molar-refractivity contribution in [2.45, 2.75) is 47.1 Å². The number of rotatable bonds is 2. The van der Waals surface area contributed by atoms with Gasteiger partial charge in [-0.15, -0.1) is 11.3 Å². The molecular weight excluding hydrogens is 368 g/mol. The smallest absolute Gasteiger partial charge is 0.444 e. The highest BCUT2D eigenvalue weighted by Gasteiger charge is 2.37. The van der Waals surface area contributed by atoms with Crippen molar-refractivity contribution in [1.82, 2.24) is 0 Å². The highest BCUT2D eigenvalue weighted by Crippen LogP contribution is 2.32. The van der Waals surface area contributed by atoms with Gasteiger partial charge in [-0.3, -0.25) is 5.32 Å². The van der Waals surface area contributed by atoms with Gasteiger partial charge >= 0.3 is 13.2 Å². The largest absolute Gasteiger partial charge is 0.497 e. The second kappa shape index (κ2) is 7.07. The maximum absolute atomic E-state index is 14.9. The molecule has 0 aliphatic carbocycles. The number of amides is 1. The maximum atomic E-state index is 14.9. The Hall–Kier alpha value is -1.64. The summed E-state index contributed by atoms with van der Waals surface area (Å²) in [5.41, 5.74) is 0.202. The zero-order valence-electron chi connectivity index (χ0n) is 16.6. The molecule has 0 radical (unpaired) electrons. The molecule has 2 heterocycles. The number of aryl methyl sites for hydroxylation is 1. The van der Waals surface area contributed by atoms with Crippen molar-refractivity contribution in [1.29, 1.82) is 0 Å². The highest BCUT2D eigenvalue weighted by atomic mass is 32.1. The van der Waals surface area contributed by atoms with Gasteiger partial charge in [-0.2, -0.15) is 0 Å². The number of anilines is 1. The van der Waals surface area contributed by atoms with Crippen LogP contribution >= 0.6 is 11.3 Å². The number of ether oxygens (including phenoxy) is 1. The Bertz CT molecular complexity index is 865. The van der Waals surface area contributed by atoms with E-state index in [1.807, 2.05) is 13.8 Å². The molecule has 146 valence electrons. The lowest BCUT2D eigenvalue weighted by atomic mass is 9.73. The molecule has 1 amide bonds. The summed E-state index contributed by atoms with van der Waals surface area (Å²) in [7, 11) is -0.760. The predicted octanol–water partition coefficient (Wildman–Crippen LogP) is 4.46. The van der Waals surface area contributed by atoms with E-state index in [1.165, 1.54) is 11.3 Å². The average molecular weight is 393 g/mol. The van der Waals surface area contributed by atoms with E-state index in [9.17, 15) is 9.18 Å². The standard InChI is InChI=1S/C19H25BFNO4S/c1-11-7-13-12(8-14(27-13)22-17(23)26-18(2,3)4)15(16(11)21)20-24-9-19(5,6)10-25-20/h7-8H,9-10H2,1-6H3,(H,22,23). The molecule has 5 nitrogen and oxygen atoms in total. The molecule has 1 aliphatic heterocycles. The predicted molar refractivity (Wildman–Crippen MR) is 107 cm³/mol. The van der Waals surface area contributed by atoms with Crippen LogP contribution in [-0.4, -0.2) is 32.0 Å². The number of carbonyl (C=O) groups is 1. The fraction of sp³-hybridized carbons (Fsp3) is 0.526. The number of fused-ring (bicyclic) bond motifs is 1. The number of nitrogens with one attached hydrogen (secondary N) is 1. The fourth-order valence-corrected chi connectivity index (χ4v) is 3.93. The van der Waals surface area contributed by atoms with Gasteiger partial charge in [-0.05, 0) is 50.8 Å². The highest BCUT2D eigenvalue weighted by molar-refractivity contribution is 7.23. The van der Waals surface area contributed by atoms with E-state index in [4.69, 9.17) is 14.0 Å². The van der Waals surface area contributed by atoms with Crippen molar-refractivity contribution in [2.24, 2.45) is 5.41 Å². The Morgan fingerprint density at radius 1 is 1.30 bits per heavy atom. The molecular formula is C19H25BFNO4S. The van der Waals surface area contributed by atoms with Gasteiger partial charge < -0.3 is 14.0 Å². The first kappa shape index (κ1) is 20.1. The Labute approximate surface area is 163 Å². The SMILES string of the molecule is Cc1cc2sc(NC(=O)OC(C)(C)C)cc2c(B2OCC(C)(C)CO2)c1F. The van der Waals surface area contributed by atoms with Gasteiger partial charge in [0.2, 0.25) is 0 Å². The Balaban J connectivity index is 1.93. The van der Waals surface area contributed by atoms with Crippen LogP contribution in [0.1, 0.15) is 40.2 Å². The van der Waals surface area contributed by atoms with E-state index in [1.54, 1.807) is 39.8 Å². The molecule has 3 rings (SSSR count). The van der Waals surface area contributed by atoms with Crippen molar-refractivity contribution >= 4 is 45.1 Å². The second-order valence-electron chi connectivity index (χ2n) is 8.69. The van der Waals surface area contributed by atoms with Crippen LogP contribution < -0.4 is 10.8 Å². The molecule has 1 N–H and O–H groups in total. The third kappa shape index (κ3) is 4.62. The zero-order chi connectivity index (χ0) is 20.0. The molecule has 0 saturated carbocycles. The van der Waals surface area contributed by atoms with Gasteiger partial charge in [0.05, 0.1) is 5.00 Å². The summed E-state index contributed by atoms with van der Waals surface area (Å²) in [4.78, 5) is 12.0. The normalized spacial score (nSPS) is 17.2. The van der Waals surface area contributed by atoms with Crippen molar-refractivity contribution in [3.63, 3.8) is 0 Å². The summed E-state index contributed by atoms with van der Waals surface area (Å²) in [5, 5.41) is 3.99. The lowest BCUT2D eigenvalue weighted by molar-refractivity contribution is 0.0341. The molecule has 1 fully saturated rings. The first-order chi connectivity index (χ1) is 12.5. The van der Waals surface area contributed by atoms with Gasteiger partial charge in [0.15, 0.2) is 0 Å². The molecule has 1 aromatic heterocycles. The molecule has 0 unspecified atom stereocenters. The van der Waals surface area contributed by atoms with E-state index in [-0.39, 0.29) is 11.2 Å². The van der Waals surface area contributed by atoms with Crippen LogP contribution in [0.15, 0.2) is 12.1 Å². The summed E-state index contributed by atoms with van der Waals surface area (Å²) in [6.45, 7) is 12.2. The monoisotopic (exact) mass is 393 g/mol. The summed E-state index contributed by atoms with van der Waals surface area (Å²) >= 11 is 1.36. The lowest BCUT2D eigenvalue weighted by Crippen LogP contribution is -2.48. The van der Waals surface area contributed by atoms with Crippen molar-refractivity contribution in [3.8, 4) is 0 Å². The lowest BCUT2D eigenvalue weighted by Gasteiger charge is -2.33. The number of carbonyl (C=O) groups excluding carboxylic acids is 1. The molecule has 0 bridgehead atoms. The van der Waals surface area contributed by atoms with Crippen molar-refractivity contribution in [3.05, 3.63) is 23.5 Å². The third-order valence-electron chi connectivity index (χ3n) is 4.09. The molecule has 1 aromatic carbocycles. The number of hydrogen-bond acceptors (Lipinski definition) is 5. The minimum absolute atomic E-state index is 0.103. The van der Waals surface area contributed by atoms with E-state index >= 15 is 0 Å². The summed E-state index contributed by atoms with van der Waals surface area (Å²) in [6, 6.07) is 3.51.